The number of esters is 2. The number of hydrogen-bond donors (Lipinski definition) is 1. The zero-order chi connectivity index (χ0) is 30.3. The van der Waals surface area contributed by atoms with Crippen LogP contribution < -0.4 is 14.4 Å². The maximum atomic E-state index is 14.0. The van der Waals surface area contributed by atoms with Crippen molar-refractivity contribution in [1.29, 1.82) is 0 Å². The first kappa shape index (κ1) is 29.8. The summed E-state index contributed by atoms with van der Waals surface area (Å²) >= 11 is 0. The summed E-state index contributed by atoms with van der Waals surface area (Å²) < 4.78 is 44.0. The predicted octanol–water partition coefficient (Wildman–Crippen LogP) is 4.92. The number of hydrogen-bond acceptors (Lipinski definition) is 8. The molecule has 4 aromatic carbocycles. The summed E-state index contributed by atoms with van der Waals surface area (Å²) in [6.07, 6.45) is 0. The number of methoxy groups -OCH3 is 3. The van der Waals surface area contributed by atoms with Crippen molar-refractivity contribution >= 4 is 39.2 Å². The SMILES string of the molecule is COC(=O)c1ccc(C(=O)OC)c(NC(=O)c2ccccc2N(Cc2ccccc2)S(=O)(=O)c2ccc(OC)cc2)c1. The Hall–Kier alpha value is -5.16. The zero-order valence-corrected chi connectivity index (χ0v) is 23.9. The Bertz CT molecular complexity index is 1700. The minimum Gasteiger partial charge on any atom is -0.497 e. The maximum absolute atomic E-state index is 14.0. The van der Waals surface area contributed by atoms with Crippen molar-refractivity contribution in [2.75, 3.05) is 31.0 Å². The monoisotopic (exact) mass is 588 g/mol. The van der Waals surface area contributed by atoms with Crippen LogP contribution in [0.4, 0.5) is 11.4 Å². The fourth-order valence-corrected chi connectivity index (χ4v) is 5.65. The smallest absolute Gasteiger partial charge is 0.339 e. The lowest BCUT2D eigenvalue weighted by atomic mass is 10.1. The van der Waals surface area contributed by atoms with E-state index >= 15 is 0 Å². The Morgan fingerprint density at radius 2 is 1.38 bits per heavy atom. The van der Waals surface area contributed by atoms with Gasteiger partial charge in [0.1, 0.15) is 5.75 Å². The molecule has 11 heteroatoms. The average Bonchev–Trinajstić information content (AvgIpc) is 3.03. The van der Waals surface area contributed by atoms with Gasteiger partial charge in [0.25, 0.3) is 15.9 Å². The molecule has 0 fully saturated rings. The highest BCUT2D eigenvalue weighted by atomic mass is 32.2. The van der Waals surface area contributed by atoms with Gasteiger partial charge in [-0.05, 0) is 60.2 Å². The van der Waals surface area contributed by atoms with Gasteiger partial charge in [-0.3, -0.25) is 9.10 Å². The van der Waals surface area contributed by atoms with E-state index in [9.17, 15) is 22.8 Å². The molecule has 0 aliphatic heterocycles. The highest BCUT2D eigenvalue weighted by molar-refractivity contribution is 7.92. The van der Waals surface area contributed by atoms with Gasteiger partial charge in [0.2, 0.25) is 0 Å². The Balaban J connectivity index is 1.81. The minimum atomic E-state index is -4.19. The van der Waals surface area contributed by atoms with E-state index in [1.807, 2.05) is 6.07 Å². The highest BCUT2D eigenvalue weighted by Crippen LogP contribution is 2.31. The van der Waals surface area contributed by atoms with Gasteiger partial charge >= 0.3 is 11.9 Å². The van der Waals surface area contributed by atoms with Crippen LogP contribution in [0, 0.1) is 0 Å². The van der Waals surface area contributed by atoms with Crippen molar-refractivity contribution < 1.29 is 37.0 Å². The van der Waals surface area contributed by atoms with Gasteiger partial charge in [-0.1, -0.05) is 42.5 Å². The standard InChI is InChI=1S/C31H28N2O8S/c1-39-23-14-16-24(17-15-23)42(37,38)33(20-21-9-5-4-6-10-21)28-12-8-7-11-26(28)29(34)32-27-19-22(30(35)40-2)13-18-25(27)31(36)41-3/h4-19H,20H2,1-3H3,(H,32,34). The average molecular weight is 589 g/mol. The number of rotatable bonds is 10. The van der Waals surface area contributed by atoms with Crippen LogP contribution >= 0.6 is 0 Å². The van der Waals surface area contributed by atoms with Crippen LogP contribution in [-0.4, -0.2) is 47.6 Å². The van der Waals surface area contributed by atoms with Crippen LogP contribution in [0.25, 0.3) is 0 Å². The molecule has 0 heterocycles. The number of ether oxygens (including phenoxy) is 3. The van der Waals surface area contributed by atoms with Crippen molar-refractivity contribution in [3.05, 3.63) is 119 Å². The molecule has 0 bridgehead atoms. The van der Waals surface area contributed by atoms with Crippen LogP contribution in [0.5, 0.6) is 5.75 Å². The van der Waals surface area contributed by atoms with Gasteiger partial charge < -0.3 is 19.5 Å². The van der Waals surface area contributed by atoms with Crippen LogP contribution in [-0.2, 0) is 26.0 Å². The first-order valence-corrected chi connectivity index (χ1v) is 14.1. The lowest BCUT2D eigenvalue weighted by molar-refractivity contribution is 0.0587. The van der Waals surface area contributed by atoms with Gasteiger partial charge in [-0.25, -0.2) is 18.0 Å². The van der Waals surface area contributed by atoms with Gasteiger partial charge in [-0.15, -0.1) is 0 Å². The molecule has 0 radical (unpaired) electrons. The third-order valence-corrected chi connectivity index (χ3v) is 8.10. The zero-order valence-electron chi connectivity index (χ0n) is 23.1. The van der Waals surface area contributed by atoms with Crippen molar-refractivity contribution in [3.63, 3.8) is 0 Å². The van der Waals surface area contributed by atoms with Crippen LogP contribution in [0.3, 0.4) is 0 Å². The topological polar surface area (TPSA) is 128 Å². The van der Waals surface area contributed by atoms with E-state index in [1.54, 1.807) is 36.4 Å². The number of sulfonamides is 1. The molecule has 0 saturated carbocycles. The summed E-state index contributed by atoms with van der Waals surface area (Å²) in [5.41, 5.74) is 0.841. The molecule has 0 spiro atoms. The molecule has 42 heavy (non-hydrogen) atoms. The first-order valence-electron chi connectivity index (χ1n) is 12.6. The lowest BCUT2D eigenvalue weighted by Gasteiger charge is -2.27. The van der Waals surface area contributed by atoms with Crippen molar-refractivity contribution in [2.24, 2.45) is 0 Å². The summed E-state index contributed by atoms with van der Waals surface area (Å²) in [5.74, 6) is -1.66. The third kappa shape index (κ3) is 6.42. The van der Waals surface area contributed by atoms with E-state index in [0.717, 1.165) is 4.31 Å². The quantitative estimate of drug-likeness (QED) is 0.259. The molecule has 10 nitrogen and oxygen atoms in total. The molecule has 0 unspecified atom stereocenters. The molecule has 4 rings (SSSR count). The maximum Gasteiger partial charge on any atom is 0.339 e. The largest absolute Gasteiger partial charge is 0.497 e. The number of amides is 1. The van der Waals surface area contributed by atoms with E-state index in [1.165, 1.54) is 75.9 Å². The van der Waals surface area contributed by atoms with Gasteiger partial charge in [0, 0.05) is 0 Å². The molecule has 0 saturated heterocycles. The second-order valence-electron chi connectivity index (χ2n) is 8.89. The van der Waals surface area contributed by atoms with Crippen LogP contribution in [0.2, 0.25) is 0 Å². The van der Waals surface area contributed by atoms with E-state index in [0.29, 0.717) is 11.3 Å². The first-order chi connectivity index (χ1) is 20.2. The number of carbonyl (C=O) groups is 3. The van der Waals surface area contributed by atoms with E-state index < -0.39 is 27.9 Å². The molecule has 216 valence electrons. The summed E-state index contributed by atoms with van der Waals surface area (Å²) in [5, 5.41) is 2.64. The van der Waals surface area contributed by atoms with Crippen molar-refractivity contribution in [1.82, 2.24) is 0 Å². The molecule has 0 atom stereocenters. The lowest BCUT2D eigenvalue weighted by Crippen LogP contribution is -2.32. The number of nitrogens with one attached hydrogen (secondary N) is 1. The summed E-state index contributed by atoms with van der Waals surface area (Å²) in [7, 11) is -0.324. The van der Waals surface area contributed by atoms with Gasteiger partial charge in [-0.2, -0.15) is 0 Å². The van der Waals surface area contributed by atoms with Crippen LogP contribution in [0.15, 0.2) is 102 Å². The fourth-order valence-electron chi connectivity index (χ4n) is 4.18. The predicted molar refractivity (Wildman–Crippen MR) is 156 cm³/mol. The summed E-state index contributed by atoms with van der Waals surface area (Å²) in [4.78, 5) is 38.3. The molecular weight excluding hydrogens is 560 g/mol. The van der Waals surface area contributed by atoms with E-state index in [2.05, 4.69) is 5.32 Å². The molecule has 0 aromatic heterocycles. The normalized spacial score (nSPS) is 10.8. The van der Waals surface area contributed by atoms with Gasteiger partial charge in [0.05, 0.1) is 60.8 Å². The number of nitrogens with zero attached hydrogens (tertiary/aromatic N) is 1. The number of benzene rings is 4. The second-order valence-corrected chi connectivity index (χ2v) is 10.7. The third-order valence-electron chi connectivity index (χ3n) is 6.33. The van der Waals surface area contributed by atoms with Crippen LogP contribution in [0.1, 0.15) is 36.6 Å². The fraction of sp³-hybridized carbons (Fsp3) is 0.129. The highest BCUT2D eigenvalue weighted by Gasteiger charge is 2.29. The molecule has 1 amide bonds. The number of carbonyl (C=O) groups excluding carboxylic acids is 3. The molecule has 0 aliphatic carbocycles. The molecule has 0 aliphatic rings. The molecule has 1 N–H and O–H groups in total. The van der Waals surface area contributed by atoms with Crippen molar-refractivity contribution in [2.45, 2.75) is 11.4 Å². The van der Waals surface area contributed by atoms with Crippen molar-refractivity contribution in [3.8, 4) is 5.75 Å². The molecule has 4 aromatic rings. The second kappa shape index (κ2) is 13.0. The Labute approximate surface area is 243 Å². The minimum absolute atomic E-state index is 0.00445. The Kier molecular flexibility index (Phi) is 9.23. The van der Waals surface area contributed by atoms with E-state index in [4.69, 9.17) is 14.2 Å². The van der Waals surface area contributed by atoms with Gasteiger partial charge in [0.15, 0.2) is 0 Å². The Morgan fingerprint density at radius 3 is 2.02 bits per heavy atom. The number of para-hydroxylation sites is 1. The summed E-state index contributed by atoms with van der Waals surface area (Å²) in [6, 6.07) is 25.0. The van der Waals surface area contributed by atoms with E-state index in [-0.39, 0.29) is 39.5 Å². The Morgan fingerprint density at radius 1 is 0.738 bits per heavy atom. The summed E-state index contributed by atoms with van der Waals surface area (Å²) in [6.45, 7) is -0.0786. The number of anilines is 2. The molecular formula is C31H28N2O8S.